The highest BCUT2D eigenvalue weighted by Gasteiger charge is 2.66. The molecule has 7 nitrogen and oxygen atoms in total. The first kappa shape index (κ1) is 41.3. The van der Waals surface area contributed by atoms with Gasteiger partial charge in [-0.25, -0.2) is 0 Å². The van der Waals surface area contributed by atoms with Gasteiger partial charge in [-0.15, -0.1) is 0 Å². The Labute approximate surface area is 299 Å². The molecule has 280 valence electrons. The van der Waals surface area contributed by atoms with Crippen LogP contribution >= 0.6 is 0 Å². The molecule has 0 aliphatic carbocycles. The maximum absolute atomic E-state index is 15.3. The molecule has 0 bridgehead atoms. The number of likely N-dealkylation sites (tertiary alicyclic amines) is 2. The van der Waals surface area contributed by atoms with Gasteiger partial charge in [-0.1, -0.05) is 54.9 Å². The Bertz CT molecular complexity index is 1250. The van der Waals surface area contributed by atoms with Gasteiger partial charge in [0.25, 0.3) is 0 Å². The molecule has 0 amide bonds. The Morgan fingerprint density at radius 1 is 0.714 bits per heavy atom. The van der Waals surface area contributed by atoms with Gasteiger partial charge < -0.3 is 14.6 Å². The lowest BCUT2D eigenvalue weighted by molar-refractivity contribution is -0.198. The monoisotopic (exact) mass is 685 g/mol. The topological polar surface area (TPSA) is 79.3 Å². The maximum atomic E-state index is 15.3. The van der Waals surface area contributed by atoms with Crippen molar-refractivity contribution in [3.63, 3.8) is 0 Å². The van der Waals surface area contributed by atoms with E-state index in [-0.39, 0.29) is 63.8 Å². The smallest absolute Gasteiger partial charge is 0.324 e. The van der Waals surface area contributed by atoms with Crippen molar-refractivity contribution in [2.45, 2.75) is 182 Å². The number of benzene rings is 1. The summed E-state index contributed by atoms with van der Waals surface area (Å²) in [6.07, 6.45) is 4.29. The molecule has 0 unspecified atom stereocenters. The fourth-order valence-electron chi connectivity index (χ4n) is 9.09. The summed E-state index contributed by atoms with van der Waals surface area (Å²) in [6, 6.07) is 3.92. The molecule has 2 saturated heterocycles. The lowest BCUT2D eigenvalue weighted by atomic mass is 9.53. The Hall–Kier alpha value is -2.12. The first-order chi connectivity index (χ1) is 22.1. The second-order valence-electron chi connectivity index (χ2n) is 20.1. The number of aromatic hydroxyl groups is 1. The van der Waals surface area contributed by atoms with Gasteiger partial charge in [0.05, 0.1) is 6.61 Å². The average Bonchev–Trinajstić information content (AvgIpc) is 2.92. The molecule has 7 heteroatoms. The number of esters is 2. The minimum Gasteiger partial charge on any atom is -0.507 e. The summed E-state index contributed by atoms with van der Waals surface area (Å²) in [5, 5.41) is 11.4. The average molecular weight is 685 g/mol. The third kappa shape index (κ3) is 8.19. The molecule has 2 aliphatic rings. The normalized spacial score (nSPS) is 22.1. The van der Waals surface area contributed by atoms with Gasteiger partial charge in [-0.2, -0.15) is 0 Å². The molecule has 3 rings (SSSR count). The molecule has 2 heterocycles. The molecule has 0 saturated carbocycles. The third-order valence-corrected chi connectivity index (χ3v) is 12.5. The number of hydrogen-bond acceptors (Lipinski definition) is 7. The number of nitrogens with zero attached hydrogens (tertiary/aromatic N) is 2. The van der Waals surface area contributed by atoms with Crippen molar-refractivity contribution >= 4 is 11.9 Å². The van der Waals surface area contributed by atoms with Crippen LogP contribution in [0.2, 0.25) is 0 Å². The molecule has 49 heavy (non-hydrogen) atoms. The molecule has 0 atom stereocenters. The number of unbranched alkanes of at least 4 members (excludes halogenated alkanes) is 1. The van der Waals surface area contributed by atoms with E-state index in [1.807, 2.05) is 12.1 Å². The lowest BCUT2D eigenvalue weighted by Gasteiger charge is -2.60. The highest BCUT2D eigenvalue weighted by molar-refractivity contribution is 6.01. The van der Waals surface area contributed by atoms with Gasteiger partial charge in [0.15, 0.2) is 5.41 Å². The van der Waals surface area contributed by atoms with Crippen LogP contribution in [0.1, 0.15) is 159 Å². The molecule has 0 aromatic heterocycles. The quantitative estimate of drug-likeness (QED) is 0.158. The lowest BCUT2D eigenvalue weighted by Crippen LogP contribution is -2.67. The second kappa shape index (κ2) is 13.8. The summed E-state index contributed by atoms with van der Waals surface area (Å²) < 4.78 is 12.7. The minimum absolute atomic E-state index is 0.00802. The van der Waals surface area contributed by atoms with Crippen molar-refractivity contribution in [1.29, 1.82) is 0 Å². The Morgan fingerprint density at radius 2 is 1.06 bits per heavy atom. The van der Waals surface area contributed by atoms with Crippen LogP contribution in [0.15, 0.2) is 12.1 Å². The minimum atomic E-state index is -1.49. The molecular weight excluding hydrogens is 612 g/mol. The Kier molecular flexibility index (Phi) is 11.6. The van der Waals surface area contributed by atoms with Crippen LogP contribution in [0.25, 0.3) is 0 Å². The van der Waals surface area contributed by atoms with Crippen LogP contribution in [0.4, 0.5) is 0 Å². The predicted molar refractivity (Wildman–Crippen MR) is 201 cm³/mol. The first-order valence-corrected chi connectivity index (χ1v) is 18.7. The summed E-state index contributed by atoms with van der Waals surface area (Å²) in [5.74, 6) is -1.19. The van der Waals surface area contributed by atoms with E-state index in [1.54, 1.807) is 0 Å². The van der Waals surface area contributed by atoms with Gasteiger partial charge in [0.1, 0.15) is 12.4 Å². The molecule has 2 aliphatic heterocycles. The first-order valence-electron chi connectivity index (χ1n) is 18.7. The van der Waals surface area contributed by atoms with E-state index >= 15 is 9.59 Å². The van der Waals surface area contributed by atoms with Gasteiger partial charge >= 0.3 is 11.9 Å². The van der Waals surface area contributed by atoms with E-state index in [0.29, 0.717) is 25.7 Å². The van der Waals surface area contributed by atoms with Crippen LogP contribution in [0, 0.1) is 17.3 Å². The highest BCUT2D eigenvalue weighted by atomic mass is 16.6. The molecule has 0 radical (unpaired) electrons. The van der Waals surface area contributed by atoms with E-state index < -0.39 is 17.4 Å². The molecular formula is C42H72N2O5. The summed E-state index contributed by atoms with van der Waals surface area (Å²) in [6.45, 7) is 32.6. The number of rotatable bonds is 9. The van der Waals surface area contributed by atoms with Crippen molar-refractivity contribution in [2.75, 3.05) is 20.7 Å². The van der Waals surface area contributed by atoms with Crippen molar-refractivity contribution < 1.29 is 24.2 Å². The van der Waals surface area contributed by atoms with Crippen LogP contribution in [-0.4, -0.2) is 69.7 Å². The fraction of sp³-hybridized carbons (Fsp3) is 0.810. The number of carbonyl (C=O) groups excluding carboxylic acids is 2. The molecule has 1 N–H and O–H groups in total. The van der Waals surface area contributed by atoms with Gasteiger partial charge in [0.2, 0.25) is 0 Å². The van der Waals surface area contributed by atoms with Gasteiger partial charge in [-0.3, -0.25) is 19.4 Å². The summed E-state index contributed by atoms with van der Waals surface area (Å²) in [5.41, 5.74) is -0.769. The predicted octanol–water partition coefficient (Wildman–Crippen LogP) is 9.16. The fourth-order valence-corrected chi connectivity index (χ4v) is 9.09. The van der Waals surface area contributed by atoms with Crippen LogP contribution in [0.5, 0.6) is 5.75 Å². The number of ether oxygens (including phenoxy) is 2. The van der Waals surface area contributed by atoms with Crippen LogP contribution < -0.4 is 0 Å². The zero-order valence-electron chi connectivity index (χ0n) is 34.4. The highest BCUT2D eigenvalue weighted by Crippen LogP contribution is 2.57. The summed E-state index contributed by atoms with van der Waals surface area (Å²) in [7, 11) is 4.31. The zero-order chi connectivity index (χ0) is 37.8. The van der Waals surface area contributed by atoms with Crippen molar-refractivity contribution in [3.8, 4) is 5.75 Å². The Balaban J connectivity index is 2.28. The van der Waals surface area contributed by atoms with E-state index in [2.05, 4.69) is 128 Å². The standard InChI is InChI=1S/C42H72N2O5/c1-18-19-20-48-34(46)42(29-23-38(8,9)43(16)39(10,11)24-29,30-25-40(12,13)44(17)41(14,15)26-30)35(47)49-27-28-21-31(36(2,3)4)33(45)32(22-28)37(5,6)7/h21-22,29-30,45H,18-20,23-27H2,1-17H3. The number of phenolic OH excluding ortho intramolecular Hbond substituents is 1. The third-order valence-electron chi connectivity index (χ3n) is 12.5. The summed E-state index contributed by atoms with van der Waals surface area (Å²) >= 11 is 0. The van der Waals surface area contributed by atoms with E-state index in [9.17, 15) is 5.11 Å². The summed E-state index contributed by atoms with van der Waals surface area (Å²) in [4.78, 5) is 35.2. The van der Waals surface area contributed by atoms with Gasteiger partial charge in [-0.05, 0) is 153 Å². The second-order valence-corrected chi connectivity index (χ2v) is 20.1. The van der Waals surface area contributed by atoms with Crippen molar-refractivity contribution in [1.82, 2.24) is 9.80 Å². The number of hydrogen-bond donors (Lipinski definition) is 1. The number of carbonyl (C=O) groups is 2. The van der Waals surface area contributed by atoms with Crippen molar-refractivity contribution in [3.05, 3.63) is 28.8 Å². The molecule has 2 fully saturated rings. The molecule has 1 aromatic rings. The van der Waals surface area contributed by atoms with Gasteiger partial charge in [0, 0.05) is 22.2 Å². The molecule has 1 aromatic carbocycles. The largest absolute Gasteiger partial charge is 0.507 e. The number of phenols is 1. The van der Waals surface area contributed by atoms with Crippen molar-refractivity contribution in [2.24, 2.45) is 17.3 Å². The van der Waals surface area contributed by atoms with E-state index in [4.69, 9.17) is 9.47 Å². The SMILES string of the molecule is CCCCOC(=O)C(C(=O)OCc1cc(C(C)(C)C)c(O)c(C(C)(C)C)c1)(C1CC(C)(C)N(C)C(C)(C)C1)C1CC(C)(C)N(C)C(C)(C)C1. The van der Waals surface area contributed by atoms with E-state index in [0.717, 1.165) is 29.5 Å². The Morgan fingerprint density at radius 3 is 1.39 bits per heavy atom. The van der Waals surface area contributed by atoms with Crippen LogP contribution in [0.3, 0.4) is 0 Å². The van der Waals surface area contributed by atoms with Crippen LogP contribution in [-0.2, 0) is 36.5 Å². The zero-order valence-corrected chi connectivity index (χ0v) is 34.4. The molecule has 0 spiro atoms. The number of piperidine rings is 2. The van der Waals surface area contributed by atoms with E-state index in [1.165, 1.54) is 0 Å². The maximum Gasteiger partial charge on any atom is 0.324 e.